The molecule has 0 aliphatic rings. The van der Waals surface area contributed by atoms with E-state index in [9.17, 15) is 0 Å². The Bertz CT molecular complexity index is 6.85. The van der Waals surface area contributed by atoms with Crippen molar-refractivity contribution in [1.82, 2.24) is 0 Å². The van der Waals surface area contributed by atoms with E-state index in [4.69, 9.17) is 0 Å². The third-order valence-electron chi connectivity index (χ3n) is 0. The molecule has 0 bridgehead atoms. The van der Waals surface area contributed by atoms with E-state index in [0.717, 1.165) is 0 Å². The van der Waals surface area contributed by atoms with E-state index in [0.29, 0.717) is 0 Å². The minimum Gasteiger partial charge on any atom is -2.00 e. The van der Waals surface area contributed by atoms with Crippen LogP contribution >= 0.6 is 17.0 Å². The van der Waals surface area contributed by atoms with Crippen LogP contribution in [0.15, 0.2) is 0 Å². The molecule has 0 heterocycles. The Kier molecular flexibility index (Phi) is 239. The van der Waals surface area contributed by atoms with E-state index in [-0.39, 0.29) is 97.6 Å². The third-order valence-corrected chi connectivity index (χ3v) is 0. The van der Waals surface area contributed by atoms with E-state index in [1.54, 1.807) is 0 Å². The van der Waals surface area contributed by atoms with Crippen LogP contribution in [0.1, 0.15) is 0 Å². The molecule has 0 aromatic carbocycles. The summed E-state index contributed by atoms with van der Waals surface area (Å²) < 4.78 is 0. The molecule has 0 saturated heterocycles. The summed E-state index contributed by atoms with van der Waals surface area (Å²) in [6.45, 7) is 0. The monoisotopic (exact) mass is 433 g/mol. The third kappa shape index (κ3) is 19.3. The minimum atomic E-state index is 0. The molecule has 0 amide bonds. The van der Waals surface area contributed by atoms with Gasteiger partial charge in [-0.15, -0.1) is 17.0 Å². The Morgan fingerprint density at radius 2 is 0.600 bits per heavy atom. The minimum absolute atomic E-state index is 0. The Labute approximate surface area is 96.0 Å². The summed E-state index contributed by atoms with van der Waals surface area (Å²) in [7, 11) is 0. The molecular formula is HAg3BrS+. The number of halogens is 1. The van der Waals surface area contributed by atoms with Gasteiger partial charge in [0.15, 0.2) is 0 Å². The van der Waals surface area contributed by atoms with Gasteiger partial charge in [0.25, 0.3) is 0 Å². The second-order valence-electron chi connectivity index (χ2n) is 0. The Morgan fingerprint density at radius 3 is 0.600 bits per heavy atom. The largest absolute Gasteiger partial charge is 2.00 e. The van der Waals surface area contributed by atoms with Crippen LogP contribution in [0.5, 0.6) is 0 Å². The molecule has 0 fully saturated rings. The van der Waals surface area contributed by atoms with Crippen molar-refractivity contribution in [2.24, 2.45) is 0 Å². The van der Waals surface area contributed by atoms with Crippen LogP contribution in [0.3, 0.4) is 0 Å². The van der Waals surface area contributed by atoms with Gasteiger partial charge in [-0.05, 0) is 0 Å². The molecule has 0 aromatic heterocycles. The molecule has 5 heteroatoms. The SMILES string of the molecule is Br.[Ag+].[Ag+].[Ag+].[S-2]. The van der Waals surface area contributed by atoms with Crippen molar-refractivity contribution >= 4 is 30.5 Å². The molecule has 5 heavy (non-hydrogen) atoms. The quantitative estimate of drug-likeness (QED) is 0.487. The van der Waals surface area contributed by atoms with Gasteiger partial charge in [0.2, 0.25) is 0 Å². The summed E-state index contributed by atoms with van der Waals surface area (Å²) in [4.78, 5) is 0. The molecule has 0 unspecified atom stereocenters. The normalized spacial score (nSPS) is 0. The second-order valence-corrected chi connectivity index (χ2v) is 0. The molecule has 0 atom stereocenters. The summed E-state index contributed by atoms with van der Waals surface area (Å²) in [5, 5.41) is 0. The summed E-state index contributed by atoms with van der Waals surface area (Å²) in [6, 6.07) is 0. The van der Waals surface area contributed by atoms with Gasteiger partial charge in [0, 0.05) is 0 Å². The maximum absolute atomic E-state index is 0. The summed E-state index contributed by atoms with van der Waals surface area (Å²) in [6.07, 6.45) is 0. The fourth-order valence-corrected chi connectivity index (χ4v) is 0. The maximum atomic E-state index is 0. The van der Waals surface area contributed by atoms with Crippen molar-refractivity contribution in [2.75, 3.05) is 0 Å². The van der Waals surface area contributed by atoms with Crippen molar-refractivity contribution < 1.29 is 67.1 Å². The van der Waals surface area contributed by atoms with Gasteiger partial charge < -0.3 is 13.5 Å². The predicted octanol–water partition coefficient (Wildman–Crippen LogP) is 0.568. The molecule has 0 radical (unpaired) electrons. The second kappa shape index (κ2) is 27.7. The Morgan fingerprint density at radius 1 is 0.600 bits per heavy atom. The van der Waals surface area contributed by atoms with E-state index in [2.05, 4.69) is 0 Å². The molecule has 0 rings (SSSR count). The van der Waals surface area contributed by atoms with Gasteiger partial charge in [-0.3, -0.25) is 0 Å². The van der Waals surface area contributed by atoms with Crippen LogP contribution in [0.4, 0.5) is 0 Å². The van der Waals surface area contributed by atoms with Crippen LogP contribution in [-0.4, -0.2) is 0 Å². The van der Waals surface area contributed by atoms with Crippen molar-refractivity contribution in [3.05, 3.63) is 0 Å². The van der Waals surface area contributed by atoms with Gasteiger partial charge in [-0.2, -0.15) is 0 Å². The van der Waals surface area contributed by atoms with Gasteiger partial charge in [-0.25, -0.2) is 0 Å². The fourth-order valence-electron chi connectivity index (χ4n) is 0. The predicted molar refractivity (Wildman–Crippen MR) is 17.7 cm³/mol. The molecule has 0 spiro atoms. The van der Waals surface area contributed by atoms with E-state index >= 15 is 0 Å². The van der Waals surface area contributed by atoms with Crippen molar-refractivity contribution in [3.8, 4) is 0 Å². The van der Waals surface area contributed by atoms with Crippen LogP contribution < -0.4 is 0 Å². The van der Waals surface area contributed by atoms with Crippen LogP contribution in [0.25, 0.3) is 0 Å². The van der Waals surface area contributed by atoms with E-state index in [1.165, 1.54) is 0 Å². The number of hydrogen-bond acceptors (Lipinski definition) is 0. The molecule has 0 aromatic rings. The van der Waals surface area contributed by atoms with Crippen LogP contribution in [-0.2, 0) is 80.6 Å². The van der Waals surface area contributed by atoms with Crippen molar-refractivity contribution in [3.63, 3.8) is 0 Å². The maximum Gasteiger partial charge on any atom is 1.00 e. The topological polar surface area (TPSA) is 0 Å². The first-order chi connectivity index (χ1) is 0. The Balaban J connectivity index is 0. The average molecular weight is 437 g/mol. The van der Waals surface area contributed by atoms with Crippen molar-refractivity contribution in [2.45, 2.75) is 0 Å². The summed E-state index contributed by atoms with van der Waals surface area (Å²) in [5.74, 6) is 0. The summed E-state index contributed by atoms with van der Waals surface area (Å²) in [5.41, 5.74) is 0. The first-order valence-corrected chi connectivity index (χ1v) is 0. The number of rotatable bonds is 0. The molecule has 0 saturated carbocycles. The van der Waals surface area contributed by atoms with Gasteiger partial charge in [0.05, 0.1) is 0 Å². The number of hydrogen-bond donors (Lipinski definition) is 0. The molecular weight excluding hydrogens is 436 g/mol. The van der Waals surface area contributed by atoms with E-state index < -0.39 is 0 Å². The molecule has 0 aliphatic heterocycles. The molecule has 0 N–H and O–H groups in total. The first kappa shape index (κ1) is 43.0. The Hall–Kier alpha value is 3.05. The van der Waals surface area contributed by atoms with Crippen molar-refractivity contribution in [1.29, 1.82) is 0 Å². The van der Waals surface area contributed by atoms with E-state index in [1.807, 2.05) is 0 Å². The smallest absolute Gasteiger partial charge is 1.00 e. The zero-order valence-corrected chi connectivity index (χ0v) is 8.70. The first-order valence-electron chi connectivity index (χ1n) is 0. The zero-order chi connectivity index (χ0) is 0. The van der Waals surface area contributed by atoms with Crippen LogP contribution in [0.2, 0.25) is 0 Å². The molecule has 0 nitrogen and oxygen atoms in total. The standard InChI is InChI=1S/3Ag.BrH.S/h;;;1H;/q3*+1;;-2. The fraction of sp³-hybridized carbons (Fsp3) is 0. The van der Waals surface area contributed by atoms with Crippen LogP contribution in [0, 0.1) is 0 Å². The zero-order valence-electron chi connectivity index (χ0n) is 1.72. The average Bonchev–Trinajstić information content (AvgIpc) is 0. The summed E-state index contributed by atoms with van der Waals surface area (Å²) >= 11 is 0. The molecule has 0 aliphatic carbocycles. The van der Waals surface area contributed by atoms with Gasteiger partial charge in [0.1, 0.15) is 0 Å². The van der Waals surface area contributed by atoms with Gasteiger partial charge in [-0.1, -0.05) is 0 Å². The molecule has 46 valence electrons. The van der Waals surface area contributed by atoms with Gasteiger partial charge >= 0.3 is 67.1 Å².